The van der Waals surface area contributed by atoms with Gasteiger partial charge in [-0.15, -0.1) is 0 Å². The maximum Gasteiger partial charge on any atom is 0.360 e. The van der Waals surface area contributed by atoms with Crippen molar-refractivity contribution in [1.29, 1.82) is 0 Å². The van der Waals surface area contributed by atoms with E-state index in [1.54, 1.807) is 24.3 Å². The van der Waals surface area contributed by atoms with E-state index < -0.39 is 4.92 Å². The molecule has 0 saturated heterocycles. The molecule has 0 bridgehead atoms. The summed E-state index contributed by atoms with van der Waals surface area (Å²) in [6.45, 7) is 1.30. The predicted octanol–water partition coefficient (Wildman–Crippen LogP) is 2.36. The topological polar surface area (TPSA) is 67.5 Å². The maximum atomic E-state index is 10.2. The molecule has 0 aromatic heterocycles. The summed E-state index contributed by atoms with van der Waals surface area (Å²) in [5.74, 6) is -0.218. The zero-order chi connectivity index (χ0) is 10.6. The van der Waals surface area contributed by atoms with Crippen molar-refractivity contribution in [2.45, 2.75) is 6.92 Å². The average molecular weight is 214 g/mol. The molecule has 0 saturated carbocycles. The largest absolute Gasteiger partial charge is 0.360 e. The Balaban J connectivity index is 2.76. The van der Waals surface area contributed by atoms with Crippen LogP contribution in [-0.2, 0) is 0 Å². The Kier molecular flexibility index (Phi) is 3.41. The maximum absolute atomic E-state index is 10.2. The smallest absolute Gasteiger partial charge is 0.358 e. The average Bonchev–Trinajstić information content (AvgIpc) is 2.16. The highest BCUT2D eigenvalue weighted by Gasteiger charge is 2.04. The molecule has 74 valence electrons. The van der Waals surface area contributed by atoms with Gasteiger partial charge in [-0.05, 0) is 17.1 Å². The van der Waals surface area contributed by atoms with Crippen molar-refractivity contribution in [3.8, 4) is 0 Å². The summed E-state index contributed by atoms with van der Waals surface area (Å²) < 4.78 is 0. The van der Waals surface area contributed by atoms with Crippen LogP contribution in [0.25, 0.3) is 0 Å². The predicted molar refractivity (Wildman–Crippen MR) is 55.2 cm³/mol. The van der Waals surface area contributed by atoms with E-state index in [2.05, 4.69) is 10.5 Å². The lowest BCUT2D eigenvalue weighted by Gasteiger charge is -1.97. The van der Waals surface area contributed by atoms with Crippen molar-refractivity contribution in [2.75, 3.05) is 5.43 Å². The van der Waals surface area contributed by atoms with Gasteiger partial charge in [0.25, 0.3) is 0 Å². The lowest BCUT2D eigenvalue weighted by Crippen LogP contribution is -2.08. The van der Waals surface area contributed by atoms with Gasteiger partial charge in [-0.3, -0.25) is 0 Å². The van der Waals surface area contributed by atoms with Gasteiger partial charge >= 0.3 is 5.84 Å². The first kappa shape index (κ1) is 10.5. The van der Waals surface area contributed by atoms with Crippen LogP contribution in [0.5, 0.6) is 0 Å². The fourth-order valence-electron chi connectivity index (χ4n) is 0.734. The van der Waals surface area contributed by atoms with Gasteiger partial charge in [0.05, 0.1) is 15.8 Å². The zero-order valence-electron chi connectivity index (χ0n) is 7.40. The number of hydrazone groups is 1. The summed E-state index contributed by atoms with van der Waals surface area (Å²) in [5.41, 5.74) is 3.05. The molecule has 1 N–H and O–H groups in total. The van der Waals surface area contributed by atoms with E-state index in [0.717, 1.165) is 0 Å². The second kappa shape index (κ2) is 4.57. The fraction of sp³-hybridized carbons (Fsp3) is 0.125. The highest BCUT2D eigenvalue weighted by atomic mass is 35.5. The minimum absolute atomic E-state index is 0.218. The summed E-state index contributed by atoms with van der Waals surface area (Å²) >= 11 is 5.79. The fourth-order valence-corrected chi connectivity index (χ4v) is 0.912. The molecule has 0 heterocycles. The van der Waals surface area contributed by atoms with Crippen LogP contribution in [0.4, 0.5) is 5.69 Å². The Morgan fingerprint density at radius 2 is 2.21 bits per heavy atom. The molecule has 1 aromatic rings. The van der Waals surface area contributed by atoms with E-state index in [0.29, 0.717) is 10.7 Å². The van der Waals surface area contributed by atoms with Gasteiger partial charge in [-0.1, -0.05) is 23.7 Å². The van der Waals surface area contributed by atoms with Gasteiger partial charge in [-0.25, -0.2) is 0 Å². The Bertz CT molecular complexity index is 379. The quantitative estimate of drug-likeness (QED) is 0.355. The second-order valence-corrected chi connectivity index (χ2v) is 2.91. The number of anilines is 1. The molecule has 1 aromatic carbocycles. The van der Waals surface area contributed by atoms with E-state index in [-0.39, 0.29) is 5.84 Å². The van der Waals surface area contributed by atoms with E-state index in [9.17, 15) is 10.1 Å². The van der Waals surface area contributed by atoms with Gasteiger partial charge in [-0.2, -0.15) is 5.43 Å². The molecule has 0 unspecified atom stereocenters. The van der Waals surface area contributed by atoms with E-state index in [1.165, 1.54) is 6.92 Å². The zero-order valence-corrected chi connectivity index (χ0v) is 8.15. The van der Waals surface area contributed by atoms with Crippen molar-refractivity contribution in [3.63, 3.8) is 0 Å². The van der Waals surface area contributed by atoms with E-state index in [4.69, 9.17) is 11.6 Å². The second-order valence-electron chi connectivity index (χ2n) is 2.51. The molecule has 6 heteroatoms. The Morgan fingerprint density at radius 1 is 1.57 bits per heavy atom. The third kappa shape index (κ3) is 2.70. The number of nitro groups is 1. The van der Waals surface area contributed by atoms with Gasteiger partial charge in [0.1, 0.15) is 0 Å². The number of halogens is 1. The molecule has 0 aliphatic heterocycles. The summed E-state index contributed by atoms with van der Waals surface area (Å²) in [4.78, 5) is 9.63. The number of nitrogens with one attached hydrogen (secondary N) is 1. The van der Waals surface area contributed by atoms with Gasteiger partial charge in [0, 0.05) is 6.92 Å². The molecule has 0 fully saturated rings. The van der Waals surface area contributed by atoms with E-state index >= 15 is 0 Å². The molecule has 1 rings (SSSR count). The molecule has 14 heavy (non-hydrogen) atoms. The van der Waals surface area contributed by atoms with Gasteiger partial charge < -0.3 is 10.1 Å². The van der Waals surface area contributed by atoms with Crippen molar-refractivity contribution in [1.82, 2.24) is 0 Å². The number of rotatable bonds is 2. The first-order chi connectivity index (χ1) is 6.61. The highest BCUT2D eigenvalue weighted by Crippen LogP contribution is 2.20. The Labute approximate surface area is 85.5 Å². The van der Waals surface area contributed by atoms with Crippen LogP contribution in [0.15, 0.2) is 29.4 Å². The van der Waals surface area contributed by atoms with Crippen LogP contribution >= 0.6 is 11.6 Å². The molecular formula is C8H8ClN3O2. The highest BCUT2D eigenvalue weighted by molar-refractivity contribution is 6.33. The van der Waals surface area contributed by atoms with Crippen molar-refractivity contribution in [2.24, 2.45) is 5.10 Å². The SMILES string of the molecule is C/C(=N\Nc1ccccc1Cl)[N+](=O)[O-]. The van der Waals surface area contributed by atoms with Crippen molar-refractivity contribution in [3.05, 3.63) is 39.4 Å². The van der Waals surface area contributed by atoms with E-state index in [1.807, 2.05) is 0 Å². The Hall–Kier alpha value is -1.62. The molecule has 0 spiro atoms. The number of para-hydroxylation sites is 1. The van der Waals surface area contributed by atoms with Crippen LogP contribution in [0.1, 0.15) is 6.92 Å². The van der Waals surface area contributed by atoms with Crippen LogP contribution in [0.3, 0.4) is 0 Å². The lowest BCUT2D eigenvalue weighted by atomic mass is 10.3. The number of hydrogen-bond acceptors (Lipinski definition) is 4. The third-order valence-electron chi connectivity index (χ3n) is 1.48. The van der Waals surface area contributed by atoms with Crippen LogP contribution in [0, 0.1) is 10.1 Å². The molecule has 0 aliphatic carbocycles. The summed E-state index contributed by atoms with van der Waals surface area (Å²) in [6.07, 6.45) is 0. The number of nitrogens with zero attached hydrogens (tertiary/aromatic N) is 2. The minimum Gasteiger partial charge on any atom is -0.358 e. The monoisotopic (exact) mass is 213 g/mol. The molecule has 0 aliphatic rings. The number of benzene rings is 1. The van der Waals surface area contributed by atoms with Crippen LogP contribution in [0.2, 0.25) is 5.02 Å². The standard InChI is InChI=1S/C8H8ClN3O2/c1-6(12(13)14)10-11-8-5-3-2-4-7(8)9/h2-5,11H,1H3/b10-6+. The molecular weight excluding hydrogens is 206 g/mol. The number of amidine groups is 1. The van der Waals surface area contributed by atoms with Gasteiger partial charge in [0.15, 0.2) is 0 Å². The number of hydrogen-bond donors (Lipinski definition) is 1. The lowest BCUT2D eigenvalue weighted by molar-refractivity contribution is -0.351. The van der Waals surface area contributed by atoms with Crippen LogP contribution < -0.4 is 5.43 Å². The first-order valence-corrected chi connectivity index (χ1v) is 4.18. The molecule has 0 atom stereocenters. The molecule has 5 nitrogen and oxygen atoms in total. The van der Waals surface area contributed by atoms with Crippen molar-refractivity contribution < 1.29 is 4.92 Å². The Morgan fingerprint density at radius 3 is 2.79 bits per heavy atom. The normalized spacial score (nSPS) is 11.1. The summed E-state index contributed by atoms with van der Waals surface area (Å²) in [6, 6.07) is 6.86. The third-order valence-corrected chi connectivity index (χ3v) is 1.81. The molecule has 0 amide bonds. The minimum atomic E-state index is -0.580. The van der Waals surface area contributed by atoms with Crippen molar-refractivity contribution >= 4 is 23.1 Å². The summed E-state index contributed by atoms with van der Waals surface area (Å²) in [7, 11) is 0. The summed E-state index contributed by atoms with van der Waals surface area (Å²) in [5, 5.41) is 14.2. The molecule has 0 radical (unpaired) electrons. The van der Waals surface area contributed by atoms with Gasteiger partial charge in [0.2, 0.25) is 0 Å². The van der Waals surface area contributed by atoms with Crippen LogP contribution in [-0.4, -0.2) is 10.8 Å². The first-order valence-electron chi connectivity index (χ1n) is 3.80.